The van der Waals surface area contributed by atoms with Gasteiger partial charge in [-0.1, -0.05) is 60.7 Å². The molecule has 1 spiro atoms. The van der Waals surface area contributed by atoms with Gasteiger partial charge in [-0.3, -0.25) is 14.4 Å². The second-order valence-electron chi connectivity index (χ2n) is 11.2. The summed E-state index contributed by atoms with van der Waals surface area (Å²) in [5.41, 5.74) is 1.48. The van der Waals surface area contributed by atoms with Crippen LogP contribution in [-0.2, 0) is 14.4 Å². The smallest absolute Gasteiger partial charge is 0.251 e. The quantitative estimate of drug-likeness (QED) is 0.352. The average molecular weight is 582 g/mol. The summed E-state index contributed by atoms with van der Waals surface area (Å²) in [5, 5.41) is 12.0. The molecule has 8 heteroatoms. The molecule has 3 aliphatic rings. The molecule has 7 nitrogen and oxygen atoms in total. The van der Waals surface area contributed by atoms with Gasteiger partial charge in [0.2, 0.25) is 11.8 Å². The standard InChI is InChI=1S/C34H35N3O4S/c1-3-18-35(25-12-6-5-7-13-25)31(39)28-27-16-17-34(42-27)29(28)32(40)37(20-21-38)30(34)33(41)36(19-4-2)26-15-14-23-10-8-9-11-24(23)22-26/h3-15,22,27-30,38H,1-2,16-21H2/t27-,28+,29+,30?,34?/m1/s1. The number of benzene rings is 3. The summed E-state index contributed by atoms with van der Waals surface area (Å²) >= 11 is 1.63. The van der Waals surface area contributed by atoms with E-state index in [0.29, 0.717) is 13.0 Å². The number of amides is 3. The molecule has 3 heterocycles. The van der Waals surface area contributed by atoms with Crippen LogP contribution in [0.1, 0.15) is 12.8 Å². The summed E-state index contributed by atoms with van der Waals surface area (Å²) in [6, 6.07) is 22.5. The Morgan fingerprint density at radius 2 is 1.60 bits per heavy atom. The van der Waals surface area contributed by atoms with Crippen molar-refractivity contribution in [1.82, 2.24) is 4.90 Å². The fourth-order valence-corrected chi connectivity index (χ4v) is 9.45. The Hall–Kier alpha value is -3.88. The third kappa shape index (κ3) is 4.44. The lowest BCUT2D eigenvalue weighted by atomic mass is 9.70. The van der Waals surface area contributed by atoms with E-state index in [1.165, 1.54) is 0 Å². The van der Waals surface area contributed by atoms with E-state index in [9.17, 15) is 19.5 Å². The Morgan fingerprint density at radius 1 is 0.929 bits per heavy atom. The van der Waals surface area contributed by atoms with Gasteiger partial charge in [-0.25, -0.2) is 0 Å². The van der Waals surface area contributed by atoms with Crippen molar-refractivity contribution in [3.8, 4) is 0 Å². The number of rotatable bonds is 10. The molecule has 216 valence electrons. The number of fused-ring (bicyclic) bond motifs is 2. The summed E-state index contributed by atoms with van der Waals surface area (Å²) in [6.07, 6.45) is 4.79. The van der Waals surface area contributed by atoms with Crippen LogP contribution < -0.4 is 9.80 Å². The number of carbonyl (C=O) groups is 3. The van der Waals surface area contributed by atoms with Gasteiger partial charge in [0.1, 0.15) is 6.04 Å². The van der Waals surface area contributed by atoms with Crippen molar-refractivity contribution in [2.24, 2.45) is 11.8 Å². The SMILES string of the molecule is C=CCN(C(=O)C1N(CCO)C(=O)[C@@H]2[C@@H](C(=O)N(CC=C)c3ccccc3)[C@H]3CCC12S3)c1ccc2ccccc2c1. The molecule has 3 saturated heterocycles. The van der Waals surface area contributed by atoms with Crippen molar-refractivity contribution in [1.29, 1.82) is 0 Å². The van der Waals surface area contributed by atoms with Gasteiger partial charge in [0.15, 0.2) is 0 Å². The lowest BCUT2D eigenvalue weighted by Gasteiger charge is -2.37. The molecule has 0 aliphatic carbocycles. The van der Waals surface area contributed by atoms with Crippen LogP contribution >= 0.6 is 11.8 Å². The molecule has 2 unspecified atom stereocenters. The van der Waals surface area contributed by atoms with Crippen LogP contribution in [0, 0.1) is 11.8 Å². The second-order valence-corrected chi connectivity index (χ2v) is 12.8. The van der Waals surface area contributed by atoms with E-state index in [1.807, 2.05) is 72.8 Å². The minimum atomic E-state index is -0.800. The molecule has 3 amide bonds. The van der Waals surface area contributed by atoms with Gasteiger partial charge >= 0.3 is 0 Å². The predicted molar refractivity (Wildman–Crippen MR) is 168 cm³/mol. The number of anilines is 2. The number of para-hydroxylation sites is 1. The zero-order valence-electron chi connectivity index (χ0n) is 23.5. The third-order valence-electron chi connectivity index (χ3n) is 8.93. The molecule has 3 fully saturated rings. The van der Waals surface area contributed by atoms with E-state index in [0.717, 1.165) is 28.6 Å². The molecule has 42 heavy (non-hydrogen) atoms. The Kier molecular flexibility index (Phi) is 7.68. The number of thioether (sulfide) groups is 1. The zero-order chi connectivity index (χ0) is 29.4. The zero-order valence-corrected chi connectivity index (χ0v) is 24.3. The average Bonchev–Trinajstić information content (AvgIpc) is 3.66. The van der Waals surface area contributed by atoms with Crippen LogP contribution in [0.25, 0.3) is 10.8 Å². The van der Waals surface area contributed by atoms with E-state index >= 15 is 0 Å². The Balaban J connectivity index is 1.39. The molecule has 3 aromatic carbocycles. The Bertz CT molecular complexity index is 1540. The molecule has 0 radical (unpaired) electrons. The monoisotopic (exact) mass is 581 g/mol. The highest BCUT2D eigenvalue weighted by Crippen LogP contribution is 2.66. The summed E-state index contributed by atoms with van der Waals surface area (Å²) < 4.78 is -0.749. The van der Waals surface area contributed by atoms with E-state index in [-0.39, 0.29) is 42.7 Å². The number of nitrogens with zero attached hydrogens (tertiary/aromatic N) is 3. The molecular weight excluding hydrogens is 546 g/mol. The van der Waals surface area contributed by atoms with Crippen molar-refractivity contribution < 1.29 is 19.5 Å². The van der Waals surface area contributed by atoms with Crippen LogP contribution in [0.15, 0.2) is 98.1 Å². The third-order valence-corrected chi connectivity index (χ3v) is 10.9. The number of aliphatic hydroxyl groups excluding tert-OH is 1. The molecule has 5 atom stereocenters. The normalized spacial score (nSPS) is 25.8. The fourth-order valence-electron chi connectivity index (χ4n) is 7.25. The predicted octanol–water partition coefficient (Wildman–Crippen LogP) is 4.66. The van der Waals surface area contributed by atoms with Crippen molar-refractivity contribution in [2.45, 2.75) is 28.9 Å². The van der Waals surface area contributed by atoms with Gasteiger partial charge in [0, 0.05) is 36.3 Å². The van der Waals surface area contributed by atoms with Crippen LogP contribution in [-0.4, -0.2) is 70.0 Å². The van der Waals surface area contributed by atoms with Crippen molar-refractivity contribution in [3.63, 3.8) is 0 Å². The van der Waals surface area contributed by atoms with Crippen LogP contribution in [0.2, 0.25) is 0 Å². The van der Waals surface area contributed by atoms with Crippen LogP contribution in [0.3, 0.4) is 0 Å². The molecule has 3 aliphatic heterocycles. The number of hydrogen-bond donors (Lipinski definition) is 1. The lowest BCUT2D eigenvalue weighted by Crippen LogP contribution is -2.55. The van der Waals surface area contributed by atoms with E-state index in [4.69, 9.17) is 0 Å². The van der Waals surface area contributed by atoms with E-state index < -0.39 is 22.6 Å². The van der Waals surface area contributed by atoms with Gasteiger partial charge in [-0.15, -0.1) is 24.9 Å². The first kappa shape index (κ1) is 28.2. The number of likely N-dealkylation sites (tertiary alicyclic amines) is 1. The summed E-state index contributed by atoms with van der Waals surface area (Å²) in [4.78, 5) is 48.1. The maximum Gasteiger partial charge on any atom is 0.251 e. The van der Waals surface area contributed by atoms with Crippen LogP contribution in [0.5, 0.6) is 0 Å². The second kappa shape index (κ2) is 11.4. The molecule has 0 aromatic heterocycles. The summed E-state index contributed by atoms with van der Waals surface area (Å²) in [7, 11) is 0. The highest BCUT2D eigenvalue weighted by Gasteiger charge is 2.74. The molecule has 6 rings (SSSR count). The maximum atomic E-state index is 14.6. The van der Waals surface area contributed by atoms with Gasteiger partial charge in [-0.2, -0.15) is 0 Å². The van der Waals surface area contributed by atoms with Crippen molar-refractivity contribution in [3.05, 3.63) is 98.1 Å². The number of β-amino-alcohol motifs (C(OH)–C–C–N with tert-alkyl or cyclic N) is 1. The Labute approximate surface area is 250 Å². The topological polar surface area (TPSA) is 81.2 Å². The first-order chi connectivity index (χ1) is 20.4. The minimum Gasteiger partial charge on any atom is -0.395 e. The molecule has 1 N–H and O–H groups in total. The van der Waals surface area contributed by atoms with Crippen LogP contribution in [0.4, 0.5) is 11.4 Å². The molecule has 0 saturated carbocycles. The number of hydrogen-bond acceptors (Lipinski definition) is 5. The largest absolute Gasteiger partial charge is 0.395 e. The van der Waals surface area contributed by atoms with Gasteiger partial charge in [0.05, 0.1) is 23.2 Å². The maximum absolute atomic E-state index is 14.6. The van der Waals surface area contributed by atoms with E-state index in [2.05, 4.69) is 13.2 Å². The fraction of sp³-hybridized carbons (Fsp3) is 0.324. The molecular formula is C34H35N3O4S. The Morgan fingerprint density at radius 3 is 2.29 bits per heavy atom. The van der Waals surface area contributed by atoms with Gasteiger partial charge < -0.3 is 19.8 Å². The minimum absolute atomic E-state index is 0.0360. The molecule has 2 bridgehead atoms. The van der Waals surface area contributed by atoms with E-state index in [1.54, 1.807) is 38.6 Å². The summed E-state index contributed by atoms with van der Waals surface area (Å²) in [6.45, 7) is 8.12. The highest BCUT2D eigenvalue weighted by molar-refractivity contribution is 8.02. The lowest BCUT2D eigenvalue weighted by molar-refractivity contribution is -0.139. The van der Waals surface area contributed by atoms with Crippen molar-refractivity contribution in [2.75, 3.05) is 36.0 Å². The number of carbonyl (C=O) groups excluding carboxylic acids is 3. The molecule has 3 aromatic rings. The van der Waals surface area contributed by atoms with Gasteiger partial charge in [-0.05, 0) is 47.9 Å². The summed E-state index contributed by atoms with van der Waals surface area (Å²) in [5.74, 6) is -1.76. The first-order valence-electron chi connectivity index (χ1n) is 14.4. The van der Waals surface area contributed by atoms with Gasteiger partial charge in [0.25, 0.3) is 5.91 Å². The first-order valence-corrected chi connectivity index (χ1v) is 15.3. The van der Waals surface area contributed by atoms with Crippen molar-refractivity contribution >= 4 is 51.6 Å². The number of aliphatic hydroxyl groups is 1. The highest BCUT2D eigenvalue weighted by atomic mass is 32.2.